The van der Waals surface area contributed by atoms with Gasteiger partial charge in [0.1, 0.15) is 12.0 Å². The molecule has 2 N–H and O–H groups in total. The molecule has 0 aliphatic carbocycles. The molecule has 0 aliphatic heterocycles. The lowest BCUT2D eigenvalue weighted by Gasteiger charge is -2.12. The molecule has 122 valence electrons. The van der Waals surface area contributed by atoms with E-state index in [4.69, 9.17) is 5.73 Å². The Bertz CT molecular complexity index is 911. The second kappa shape index (κ2) is 6.37. The first-order valence-electron chi connectivity index (χ1n) is 7.04. The van der Waals surface area contributed by atoms with E-state index in [0.717, 1.165) is 16.8 Å². The molecule has 0 unspecified atom stereocenters. The lowest BCUT2D eigenvalue weighted by Crippen LogP contribution is -2.31. The molecule has 1 amide bonds. The van der Waals surface area contributed by atoms with Crippen molar-refractivity contribution in [2.24, 2.45) is 10.1 Å². The van der Waals surface area contributed by atoms with Crippen molar-refractivity contribution in [3.05, 3.63) is 58.7 Å². The number of amides is 1. The molecule has 7 heteroatoms. The van der Waals surface area contributed by atoms with Crippen LogP contribution in [-0.2, 0) is 21.4 Å². The van der Waals surface area contributed by atoms with Gasteiger partial charge < -0.3 is 10.3 Å². The van der Waals surface area contributed by atoms with Gasteiger partial charge in [-0.1, -0.05) is 23.8 Å². The second-order valence-electron chi connectivity index (χ2n) is 5.39. The maximum absolute atomic E-state index is 12.5. The van der Waals surface area contributed by atoms with Gasteiger partial charge in [-0.15, -0.1) is 4.40 Å². The number of hydrogen-bond acceptors (Lipinski definition) is 3. The van der Waals surface area contributed by atoms with Crippen LogP contribution in [0.15, 0.2) is 45.7 Å². The zero-order valence-corrected chi connectivity index (χ0v) is 14.1. The molecule has 0 radical (unpaired) electrons. The molecule has 0 bridgehead atoms. The summed E-state index contributed by atoms with van der Waals surface area (Å²) in [7, 11) is -3.87. The van der Waals surface area contributed by atoms with Crippen molar-refractivity contribution in [3.8, 4) is 0 Å². The van der Waals surface area contributed by atoms with Crippen LogP contribution in [0.5, 0.6) is 0 Å². The molecule has 1 aromatic carbocycles. The fourth-order valence-corrected chi connectivity index (χ4v) is 3.11. The normalized spacial score (nSPS) is 12.4. The number of primary amides is 1. The van der Waals surface area contributed by atoms with E-state index < -0.39 is 15.9 Å². The van der Waals surface area contributed by atoms with Crippen LogP contribution in [0.3, 0.4) is 0 Å². The Morgan fingerprint density at radius 2 is 1.70 bits per heavy atom. The molecule has 0 atom stereocenters. The topological polar surface area (TPSA) is 94.5 Å². The molecule has 23 heavy (non-hydrogen) atoms. The Labute approximate surface area is 135 Å². The number of rotatable bonds is 4. The van der Waals surface area contributed by atoms with Crippen molar-refractivity contribution in [1.29, 1.82) is 0 Å². The van der Waals surface area contributed by atoms with Gasteiger partial charge in [0.2, 0.25) is 5.91 Å². The first-order chi connectivity index (χ1) is 10.7. The fraction of sp³-hybridized carbons (Fsp3) is 0.250. The van der Waals surface area contributed by atoms with E-state index in [-0.39, 0.29) is 16.9 Å². The highest BCUT2D eigenvalue weighted by atomic mass is 32.2. The Kier molecular flexibility index (Phi) is 4.70. The maximum Gasteiger partial charge on any atom is 0.284 e. The number of nitrogens with zero attached hydrogens (tertiary/aromatic N) is 2. The summed E-state index contributed by atoms with van der Waals surface area (Å²) in [6, 6.07) is 9.76. The number of nitrogens with two attached hydrogens (primary N) is 1. The van der Waals surface area contributed by atoms with Crippen LogP contribution in [0.1, 0.15) is 16.8 Å². The van der Waals surface area contributed by atoms with Gasteiger partial charge in [-0.05, 0) is 44.5 Å². The molecule has 2 aromatic rings. The summed E-state index contributed by atoms with van der Waals surface area (Å²) in [5, 5.41) is 0. The average molecular weight is 333 g/mol. The molecule has 1 aromatic heterocycles. The number of pyridine rings is 1. The van der Waals surface area contributed by atoms with Gasteiger partial charge in [0, 0.05) is 5.69 Å². The van der Waals surface area contributed by atoms with Gasteiger partial charge in [0.25, 0.3) is 10.0 Å². The number of aromatic nitrogens is 1. The smallest absolute Gasteiger partial charge is 0.284 e. The number of benzene rings is 1. The number of sulfonamides is 1. The van der Waals surface area contributed by atoms with Crippen molar-refractivity contribution >= 4 is 15.9 Å². The fourth-order valence-electron chi connectivity index (χ4n) is 2.12. The number of carbonyl (C=O) groups is 1. The van der Waals surface area contributed by atoms with Crippen LogP contribution in [-0.4, -0.2) is 18.9 Å². The summed E-state index contributed by atoms with van der Waals surface area (Å²) < 4.78 is 30.3. The molecule has 0 aliphatic rings. The highest BCUT2D eigenvalue weighted by Crippen LogP contribution is 2.12. The van der Waals surface area contributed by atoms with E-state index in [1.165, 1.54) is 16.7 Å². The SMILES string of the molecule is Cc1ccc(S(=O)(=O)/N=c2/ccc(C)c(C)n2CC(N)=O)cc1. The predicted octanol–water partition coefficient (Wildman–Crippen LogP) is 1.19. The third kappa shape index (κ3) is 3.87. The van der Waals surface area contributed by atoms with Crippen molar-refractivity contribution < 1.29 is 13.2 Å². The van der Waals surface area contributed by atoms with E-state index in [2.05, 4.69) is 4.40 Å². The first kappa shape index (κ1) is 17.0. The standard InChI is InChI=1S/C16H19N3O3S/c1-11-4-7-14(8-5-11)23(21,22)18-16-9-6-12(2)13(3)19(16)10-15(17)20/h4-9H,10H2,1-3H3,(H2,17,20)/b18-16-. The number of carbonyl (C=O) groups excluding carboxylic acids is 1. The average Bonchev–Trinajstić information content (AvgIpc) is 2.47. The number of aryl methyl sites for hydroxylation is 2. The quantitative estimate of drug-likeness (QED) is 0.910. The maximum atomic E-state index is 12.5. The zero-order chi connectivity index (χ0) is 17.2. The largest absolute Gasteiger partial charge is 0.368 e. The third-order valence-corrected chi connectivity index (χ3v) is 4.88. The van der Waals surface area contributed by atoms with E-state index in [1.54, 1.807) is 31.2 Å². The minimum atomic E-state index is -3.87. The van der Waals surface area contributed by atoms with E-state index in [0.29, 0.717) is 0 Å². The summed E-state index contributed by atoms with van der Waals surface area (Å²) in [6.45, 7) is 5.40. The molecular formula is C16H19N3O3S. The molecule has 6 nitrogen and oxygen atoms in total. The Balaban J connectivity index is 2.64. The first-order valence-corrected chi connectivity index (χ1v) is 8.48. The molecule has 0 spiro atoms. The van der Waals surface area contributed by atoms with Crippen molar-refractivity contribution in [2.45, 2.75) is 32.2 Å². The van der Waals surface area contributed by atoms with Gasteiger partial charge in [-0.25, -0.2) is 0 Å². The Hall–Kier alpha value is -2.41. The summed E-state index contributed by atoms with van der Waals surface area (Å²) in [6.07, 6.45) is 0. The zero-order valence-electron chi connectivity index (χ0n) is 13.3. The monoisotopic (exact) mass is 333 g/mol. The van der Waals surface area contributed by atoms with Gasteiger partial charge in [0.05, 0.1) is 4.90 Å². The Morgan fingerprint density at radius 3 is 2.26 bits per heavy atom. The predicted molar refractivity (Wildman–Crippen MR) is 87.0 cm³/mol. The molecule has 0 fully saturated rings. The van der Waals surface area contributed by atoms with Crippen LogP contribution in [0, 0.1) is 20.8 Å². The lowest BCUT2D eigenvalue weighted by molar-refractivity contribution is -0.118. The van der Waals surface area contributed by atoms with E-state index in [9.17, 15) is 13.2 Å². The molecular weight excluding hydrogens is 314 g/mol. The van der Waals surface area contributed by atoms with Crippen molar-refractivity contribution in [2.75, 3.05) is 0 Å². The van der Waals surface area contributed by atoms with Crippen LogP contribution >= 0.6 is 0 Å². The van der Waals surface area contributed by atoms with E-state index in [1.807, 2.05) is 13.8 Å². The van der Waals surface area contributed by atoms with Crippen molar-refractivity contribution in [1.82, 2.24) is 4.57 Å². The van der Waals surface area contributed by atoms with Gasteiger partial charge in [-0.2, -0.15) is 8.42 Å². The van der Waals surface area contributed by atoms with Crippen molar-refractivity contribution in [3.63, 3.8) is 0 Å². The Morgan fingerprint density at radius 1 is 1.09 bits per heavy atom. The summed E-state index contributed by atoms with van der Waals surface area (Å²) in [5.74, 6) is -0.562. The summed E-state index contributed by atoms with van der Waals surface area (Å²) in [5.41, 5.74) is 8.04. The molecule has 0 saturated heterocycles. The summed E-state index contributed by atoms with van der Waals surface area (Å²) in [4.78, 5) is 11.4. The van der Waals surface area contributed by atoms with Crippen LogP contribution in [0.2, 0.25) is 0 Å². The van der Waals surface area contributed by atoms with Crippen LogP contribution < -0.4 is 11.2 Å². The van der Waals surface area contributed by atoms with E-state index >= 15 is 0 Å². The van der Waals surface area contributed by atoms with Crippen LogP contribution in [0.25, 0.3) is 0 Å². The minimum absolute atomic E-state index is 0.104. The second-order valence-corrected chi connectivity index (χ2v) is 7.00. The minimum Gasteiger partial charge on any atom is -0.368 e. The number of hydrogen-bond donors (Lipinski definition) is 1. The third-order valence-electron chi connectivity index (χ3n) is 3.58. The highest BCUT2D eigenvalue weighted by Gasteiger charge is 2.13. The van der Waals surface area contributed by atoms with Gasteiger partial charge in [0.15, 0.2) is 0 Å². The molecule has 0 saturated carbocycles. The van der Waals surface area contributed by atoms with Crippen LogP contribution in [0.4, 0.5) is 0 Å². The molecule has 2 rings (SSSR count). The summed E-state index contributed by atoms with van der Waals surface area (Å²) >= 11 is 0. The molecule has 1 heterocycles. The van der Waals surface area contributed by atoms with Gasteiger partial charge in [-0.3, -0.25) is 4.79 Å². The highest BCUT2D eigenvalue weighted by molar-refractivity contribution is 7.90. The lowest BCUT2D eigenvalue weighted by atomic mass is 10.2. The van der Waals surface area contributed by atoms with Gasteiger partial charge >= 0.3 is 0 Å².